The Hall–Kier alpha value is 0. The minimum absolute atomic E-state index is 0.722. The van der Waals surface area contributed by atoms with Crippen LogP contribution < -0.4 is 0 Å². The SMILES string of the molecule is CC1CCCC23C1CC1C(C12)C3(C)C. The molecule has 0 aliphatic heterocycles. The van der Waals surface area contributed by atoms with Crippen molar-refractivity contribution in [3.8, 4) is 0 Å². The summed E-state index contributed by atoms with van der Waals surface area (Å²) in [4.78, 5) is 0. The minimum Gasteiger partial charge on any atom is -0.0622 e. The zero-order chi connectivity index (χ0) is 9.72. The molecule has 0 heterocycles. The van der Waals surface area contributed by atoms with Gasteiger partial charge in [0.25, 0.3) is 0 Å². The first kappa shape index (κ1) is 8.19. The third kappa shape index (κ3) is 0.537. The molecule has 4 rings (SSSR count). The highest BCUT2D eigenvalue weighted by molar-refractivity contribution is 5.33. The number of fused-ring (bicyclic) bond motifs is 1. The van der Waals surface area contributed by atoms with Gasteiger partial charge in [0.15, 0.2) is 0 Å². The fraction of sp³-hybridized carbons (Fsp3) is 1.00. The van der Waals surface area contributed by atoms with Gasteiger partial charge >= 0.3 is 0 Å². The third-order valence-corrected chi connectivity index (χ3v) is 6.92. The lowest BCUT2D eigenvalue weighted by Crippen LogP contribution is -2.57. The smallest absolute Gasteiger partial charge is 0.0178 e. The molecule has 4 fully saturated rings. The molecule has 0 nitrogen and oxygen atoms in total. The summed E-state index contributed by atoms with van der Waals surface area (Å²) < 4.78 is 0. The first-order chi connectivity index (χ1) is 6.61. The molecule has 0 saturated heterocycles. The molecule has 0 aromatic heterocycles. The Balaban J connectivity index is 1.82. The van der Waals surface area contributed by atoms with Crippen LogP contribution in [0.4, 0.5) is 0 Å². The lowest BCUT2D eigenvalue weighted by Gasteiger charge is -2.63. The van der Waals surface area contributed by atoms with Crippen molar-refractivity contribution in [3.05, 3.63) is 0 Å². The topological polar surface area (TPSA) is 0 Å². The van der Waals surface area contributed by atoms with E-state index >= 15 is 0 Å². The molecular formula is C14H22. The molecule has 0 bridgehead atoms. The molecule has 0 heteroatoms. The highest BCUT2D eigenvalue weighted by Gasteiger charge is 2.86. The van der Waals surface area contributed by atoms with E-state index < -0.39 is 0 Å². The largest absolute Gasteiger partial charge is 0.0622 e. The van der Waals surface area contributed by atoms with E-state index in [0.717, 1.165) is 28.6 Å². The molecule has 14 heavy (non-hydrogen) atoms. The van der Waals surface area contributed by atoms with Crippen LogP contribution >= 0.6 is 0 Å². The zero-order valence-electron chi connectivity index (χ0n) is 9.72. The summed E-state index contributed by atoms with van der Waals surface area (Å²) in [6, 6.07) is 0. The Morgan fingerprint density at radius 2 is 1.93 bits per heavy atom. The second-order valence-electron chi connectivity index (χ2n) is 7.19. The van der Waals surface area contributed by atoms with E-state index in [4.69, 9.17) is 0 Å². The molecule has 0 radical (unpaired) electrons. The molecule has 6 unspecified atom stereocenters. The van der Waals surface area contributed by atoms with E-state index in [-0.39, 0.29) is 0 Å². The van der Waals surface area contributed by atoms with E-state index in [2.05, 4.69) is 20.8 Å². The van der Waals surface area contributed by atoms with Crippen LogP contribution in [-0.4, -0.2) is 0 Å². The van der Waals surface area contributed by atoms with Gasteiger partial charge in [-0.2, -0.15) is 0 Å². The van der Waals surface area contributed by atoms with Gasteiger partial charge in [-0.1, -0.05) is 33.6 Å². The van der Waals surface area contributed by atoms with Crippen molar-refractivity contribution in [3.63, 3.8) is 0 Å². The predicted octanol–water partition coefficient (Wildman–Crippen LogP) is 3.71. The van der Waals surface area contributed by atoms with E-state index in [1.807, 2.05) is 0 Å². The van der Waals surface area contributed by atoms with Gasteiger partial charge in [0.05, 0.1) is 0 Å². The molecule has 6 atom stereocenters. The van der Waals surface area contributed by atoms with Gasteiger partial charge in [0, 0.05) is 0 Å². The summed E-state index contributed by atoms with van der Waals surface area (Å²) in [5, 5.41) is 0. The third-order valence-electron chi connectivity index (χ3n) is 6.92. The molecule has 0 aromatic rings. The Labute approximate surface area is 87.5 Å². The van der Waals surface area contributed by atoms with Crippen LogP contribution in [0.5, 0.6) is 0 Å². The average molecular weight is 190 g/mol. The quantitative estimate of drug-likeness (QED) is 0.546. The number of hydrogen-bond donors (Lipinski definition) is 0. The van der Waals surface area contributed by atoms with Crippen molar-refractivity contribution in [2.24, 2.45) is 40.4 Å². The Kier molecular flexibility index (Phi) is 1.14. The maximum Gasteiger partial charge on any atom is -0.0178 e. The van der Waals surface area contributed by atoms with E-state index in [1.165, 1.54) is 24.7 Å². The summed E-state index contributed by atoms with van der Waals surface area (Å²) in [5.74, 6) is 5.69. The number of rotatable bonds is 0. The van der Waals surface area contributed by atoms with Gasteiger partial charge in [-0.3, -0.25) is 0 Å². The molecule has 4 aliphatic rings. The summed E-state index contributed by atoms with van der Waals surface area (Å²) >= 11 is 0. The summed E-state index contributed by atoms with van der Waals surface area (Å²) in [5.41, 5.74) is 1.56. The van der Waals surface area contributed by atoms with Crippen molar-refractivity contribution >= 4 is 0 Å². The van der Waals surface area contributed by atoms with E-state index in [1.54, 1.807) is 12.8 Å². The summed E-state index contributed by atoms with van der Waals surface area (Å²) in [6.07, 6.45) is 6.23. The maximum atomic E-state index is 2.58. The maximum absolute atomic E-state index is 2.58. The molecule has 78 valence electrons. The molecule has 4 saturated carbocycles. The standard InChI is InChI=1S/C14H22/c1-8-5-4-6-14-10(8)7-9-11(12(9)14)13(14,2)3/h8-12H,4-7H2,1-3H3. The Morgan fingerprint density at radius 3 is 2.57 bits per heavy atom. The Morgan fingerprint density at radius 1 is 1.14 bits per heavy atom. The molecule has 0 N–H and O–H groups in total. The van der Waals surface area contributed by atoms with Crippen LogP contribution in [0.1, 0.15) is 46.5 Å². The normalized spacial score (nSPS) is 66.6. The first-order valence-electron chi connectivity index (χ1n) is 6.61. The van der Waals surface area contributed by atoms with Crippen molar-refractivity contribution < 1.29 is 0 Å². The second kappa shape index (κ2) is 1.95. The summed E-state index contributed by atoms with van der Waals surface area (Å²) in [7, 11) is 0. The van der Waals surface area contributed by atoms with Crippen LogP contribution in [0.3, 0.4) is 0 Å². The fourth-order valence-corrected chi connectivity index (χ4v) is 6.56. The molecule has 0 amide bonds. The molecule has 4 aliphatic carbocycles. The van der Waals surface area contributed by atoms with Crippen molar-refractivity contribution in [2.75, 3.05) is 0 Å². The highest BCUT2D eigenvalue weighted by atomic mass is 14.9. The fourth-order valence-electron chi connectivity index (χ4n) is 6.56. The number of hydrogen-bond acceptors (Lipinski definition) is 0. The lowest BCUT2D eigenvalue weighted by atomic mass is 9.41. The lowest BCUT2D eigenvalue weighted by molar-refractivity contribution is -0.155. The molecular weight excluding hydrogens is 168 g/mol. The van der Waals surface area contributed by atoms with Crippen molar-refractivity contribution in [1.29, 1.82) is 0 Å². The molecule has 0 aromatic carbocycles. The van der Waals surface area contributed by atoms with Gasteiger partial charge in [-0.15, -0.1) is 0 Å². The van der Waals surface area contributed by atoms with Gasteiger partial charge in [-0.05, 0) is 53.3 Å². The summed E-state index contributed by atoms with van der Waals surface area (Å²) in [6.45, 7) is 7.69. The van der Waals surface area contributed by atoms with Crippen LogP contribution in [0.2, 0.25) is 0 Å². The van der Waals surface area contributed by atoms with E-state index in [0.29, 0.717) is 0 Å². The van der Waals surface area contributed by atoms with Crippen LogP contribution in [0, 0.1) is 40.4 Å². The van der Waals surface area contributed by atoms with Crippen molar-refractivity contribution in [2.45, 2.75) is 46.5 Å². The molecule has 1 spiro atoms. The van der Waals surface area contributed by atoms with Crippen LogP contribution in [-0.2, 0) is 0 Å². The Bertz CT molecular complexity index is 303. The average Bonchev–Trinajstić information content (AvgIpc) is 2.74. The van der Waals surface area contributed by atoms with Crippen LogP contribution in [0.15, 0.2) is 0 Å². The predicted molar refractivity (Wildman–Crippen MR) is 57.8 cm³/mol. The van der Waals surface area contributed by atoms with Crippen molar-refractivity contribution in [1.82, 2.24) is 0 Å². The second-order valence-corrected chi connectivity index (χ2v) is 7.19. The minimum atomic E-state index is 0.722. The first-order valence-corrected chi connectivity index (χ1v) is 6.61. The van der Waals surface area contributed by atoms with Gasteiger partial charge in [0.1, 0.15) is 0 Å². The zero-order valence-corrected chi connectivity index (χ0v) is 9.72. The van der Waals surface area contributed by atoms with Crippen LogP contribution in [0.25, 0.3) is 0 Å². The highest BCUT2D eigenvalue weighted by Crippen LogP contribution is 2.91. The monoisotopic (exact) mass is 190 g/mol. The van der Waals surface area contributed by atoms with Gasteiger partial charge in [0.2, 0.25) is 0 Å². The van der Waals surface area contributed by atoms with Gasteiger partial charge in [-0.25, -0.2) is 0 Å². The van der Waals surface area contributed by atoms with E-state index in [9.17, 15) is 0 Å². The van der Waals surface area contributed by atoms with Gasteiger partial charge < -0.3 is 0 Å².